The van der Waals surface area contributed by atoms with Crippen LogP contribution in [-0.4, -0.2) is 16.6 Å². The number of anilines is 1. The van der Waals surface area contributed by atoms with Crippen molar-refractivity contribution in [3.8, 4) is 0 Å². The second kappa shape index (κ2) is 5.44. The molecule has 0 saturated heterocycles. The van der Waals surface area contributed by atoms with E-state index >= 15 is 0 Å². The molecule has 0 unspecified atom stereocenters. The van der Waals surface area contributed by atoms with Gasteiger partial charge >= 0.3 is 0 Å². The summed E-state index contributed by atoms with van der Waals surface area (Å²) in [6.07, 6.45) is 0. The maximum atomic E-state index is 12.5. The Kier molecular flexibility index (Phi) is 3.28. The molecule has 112 valence electrons. The van der Waals surface area contributed by atoms with Crippen molar-refractivity contribution in [3.05, 3.63) is 81.9 Å². The minimum Gasteiger partial charge on any atom is -0.357 e. The first-order valence-corrected chi connectivity index (χ1v) is 8.03. The van der Waals surface area contributed by atoms with Gasteiger partial charge in [0, 0.05) is 17.7 Å². The van der Waals surface area contributed by atoms with Crippen LogP contribution in [0.4, 0.5) is 5.13 Å². The largest absolute Gasteiger partial charge is 0.357 e. The minimum absolute atomic E-state index is 0.125. The maximum absolute atomic E-state index is 12.5. The van der Waals surface area contributed by atoms with E-state index in [2.05, 4.69) is 10.3 Å². The lowest BCUT2D eigenvalue weighted by atomic mass is 9.91. The third-order valence-corrected chi connectivity index (χ3v) is 4.76. The van der Waals surface area contributed by atoms with Gasteiger partial charge in [-0.15, -0.1) is 0 Å². The molecule has 23 heavy (non-hydrogen) atoms. The first-order valence-electron chi connectivity index (χ1n) is 7.21. The molecular weight excluding hydrogens is 308 g/mol. The van der Waals surface area contributed by atoms with E-state index in [1.807, 2.05) is 30.3 Å². The molecule has 1 aliphatic carbocycles. The standard InChI is InChI=1S/C18H12N2O2S/c21-15-12-8-4-5-9-13(12)16(22)17-14(15)20-18(23-17)19-10-11-6-2-1-3-7-11/h1-9H,10H2,(H,19,20). The van der Waals surface area contributed by atoms with Crippen molar-refractivity contribution in [1.82, 2.24) is 4.98 Å². The summed E-state index contributed by atoms with van der Waals surface area (Å²) in [7, 11) is 0. The third-order valence-electron chi connectivity index (χ3n) is 3.75. The Hall–Kier alpha value is -2.79. The van der Waals surface area contributed by atoms with Gasteiger partial charge in [0.1, 0.15) is 10.6 Å². The number of nitrogens with zero attached hydrogens (tertiary/aromatic N) is 1. The van der Waals surface area contributed by atoms with Crippen LogP contribution in [0, 0.1) is 0 Å². The highest BCUT2D eigenvalue weighted by Gasteiger charge is 2.33. The van der Waals surface area contributed by atoms with Gasteiger partial charge in [-0.2, -0.15) is 0 Å². The zero-order chi connectivity index (χ0) is 15.8. The fourth-order valence-electron chi connectivity index (χ4n) is 2.61. The van der Waals surface area contributed by atoms with Crippen LogP contribution in [0.15, 0.2) is 54.6 Å². The molecule has 0 bridgehead atoms. The Bertz CT molecular complexity index is 863. The molecule has 3 aromatic rings. The zero-order valence-electron chi connectivity index (χ0n) is 12.1. The third kappa shape index (κ3) is 2.35. The number of rotatable bonds is 3. The van der Waals surface area contributed by atoms with Gasteiger partial charge in [-0.3, -0.25) is 9.59 Å². The molecule has 0 radical (unpaired) electrons. The van der Waals surface area contributed by atoms with Crippen LogP contribution in [0.2, 0.25) is 0 Å². The number of fused-ring (bicyclic) bond motifs is 2. The van der Waals surface area contributed by atoms with Crippen LogP contribution in [-0.2, 0) is 6.54 Å². The second-order valence-electron chi connectivity index (χ2n) is 5.24. The number of carbonyl (C=O) groups is 2. The zero-order valence-corrected chi connectivity index (χ0v) is 12.9. The molecule has 1 aliphatic rings. The molecule has 0 amide bonds. The van der Waals surface area contributed by atoms with Gasteiger partial charge in [0.2, 0.25) is 11.6 Å². The van der Waals surface area contributed by atoms with Crippen LogP contribution >= 0.6 is 11.3 Å². The van der Waals surface area contributed by atoms with Gasteiger partial charge in [-0.1, -0.05) is 65.9 Å². The van der Waals surface area contributed by atoms with E-state index in [0.29, 0.717) is 27.7 Å². The molecule has 0 saturated carbocycles. The quantitative estimate of drug-likeness (QED) is 0.627. The molecule has 4 nitrogen and oxygen atoms in total. The summed E-state index contributed by atoms with van der Waals surface area (Å²) in [5.41, 5.74) is 2.27. The molecule has 0 aliphatic heterocycles. The van der Waals surface area contributed by atoms with E-state index in [9.17, 15) is 9.59 Å². The number of thiazole rings is 1. The Morgan fingerprint density at radius 2 is 1.52 bits per heavy atom. The summed E-state index contributed by atoms with van der Waals surface area (Å²) >= 11 is 1.24. The monoisotopic (exact) mass is 320 g/mol. The average Bonchev–Trinajstić information content (AvgIpc) is 3.04. The molecule has 0 fully saturated rings. The van der Waals surface area contributed by atoms with Gasteiger partial charge in [-0.25, -0.2) is 4.98 Å². The normalized spacial score (nSPS) is 12.7. The smallest absolute Gasteiger partial charge is 0.213 e. The molecular formula is C18H12N2O2S. The highest BCUT2D eigenvalue weighted by molar-refractivity contribution is 7.18. The molecule has 2 aromatic carbocycles. The molecule has 1 N–H and O–H groups in total. The molecule has 5 heteroatoms. The van der Waals surface area contributed by atoms with E-state index in [1.165, 1.54) is 11.3 Å². The van der Waals surface area contributed by atoms with E-state index in [-0.39, 0.29) is 17.3 Å². The Balaban J connectivity index is 1.65. The number of aromatic nitrogens is 1. The summed E-state index contributed by atoms with van der Waals surface area (Å²) in [6.45, 7) is 0.600. The molecule has 0 spiro atoms. The van der Waals surface area contributed by atoms with Gasteiger partial charge in [0.25, 0.3) is 0 Å². The van der Waals surface area contributed by atoms with Crippen LogP contribution in [0.1, 0.15) is 36.9 Å². The predicted molar refractivity (Wildman–Crippen MR) is 89.2 cm³/mol. The lowest BCUT2D eigenvalue weighted by Crippen LogP contribution is -2.19. The van der Waals surface area contributed by atoms with Crippen molar-refractivity contribution in [2.24, 2.45) is 0 Å². The van der Waals surface area contributed by atoms with Gasteiger partial charge in [0.15, 0.2) is 5.13 Å². The number of benzene rings is 2. The number of hydrogen-bond donors (Lipinski definition) is 1. The summed E-state index contributed by atoms with van der Waals surface area (Å²) in [5, 5.41) is 3.78. The predicted octanol–water partition coefficient (Wildman–Crippen LogP) is 3.53. The number of carbonyl (C=O) groups excluding carboxylic acids is 2. The van der Waals surface area contributed by atoms with Crippen molar-refractivity contribution < 1.29 is 9.59 Å². The van der Waals surface area contributed by atoms with Crippen LogP contribution in [0.25, 0.3) is 0 Å². The van der Waals surface area contributed by atoms with Crippen LogP contribution in [0.5, 0.6) is 0 Å². The topological polar surface area (TPSA) is 59.1 Å². The molecule has 1 aromatic heterocycles. The molecule has 1 heterocycles. The highest BCUT2D eigenvalue weighted by atomic mass is 32.1. The van der Waals surface area contributed by atoms with Crippen molar-refractivity contribution in [1.29, 1.82) is 0 Å². The number of ketones is 2. The SMILES string of the molecule is O=C1c2ccccc2C(=O)c2sc(NCc3ccccc3)nc21. The van der Waals surface area contributed by atoms with Crippen LogP contribution in [0.3, 0.4) is 0 Å². The molecule has 4 rings (SSSR count). The van der Waals surface area contributed by atoms with Gasteiger partial charge in [0.05, 0.1) is 0 Å². The Morgan fingerprint density at radius 1 is 0.870 bits per heavy atom. The lowest BCUT2D eigenvalue weighted by molar-refractivity contribution is 0.0979. The van der Waals surface area contributed by atoms with Gasteiger partial charge in [-0.05, 0) is 5.56 Å². The van der Waals surface area contributed by atoms with Gasteiger partial charge < -0.3 is 5.32 Å². The fourth-order valence-corrected chi connectivity index (χ4v) is 3.52. The number of nitrogens with one attached hydrogen (secondary N) is 1. The summed E-state index contributed by atoms with van der Waals surface area (Å²) in [5.74, 6) is -0.306. The Labute approximate surface area is 136 Å². The van der Waals surface area contributed by atoms with Crippen molar-refractivity contribution >= 4 is 28.0 Å². The summed E-state index contributed by atoms with van der Waals surface area (Å²) in [4.78, 5) is 29.8. The van der Waals surface area contributed by atoms with Crippen molar-refractivity contribution in [2.75, 3.05) is 5.32 Å². The second-order valence-corrected chi connectivity index (χ2v) is 6.24. The van der Waals surface area contributed by atoms with E-state index in [1.54, 1.807) is 24.3 Å². The summed E-state index contributed by atoms with van der Waals surface area (Å²) < 4.78 is 0. The highest BCUT2D eigenvalue weighted by Crippen LogP contribution is 2.33. The minimum atomic E-state index is -0.181. The maximum Gasteiger partial charge on any atom is 0.213 e. The number of hydrogen-bond acceptors (Lipinski definition) is 5. The Morgan fingerprint density at radius 3 is 2.26 bits per heavy atom. The summed E-state index contributed by atoms with van der Waals surface area (Å²) in [6, 6.07) is 16.8. The fraction of sp³-hybridized carbons (Fsp3) is 0.0556. The molecule has 0 atom stereocenters. The van der Waals surface area contributed by atoms with E-state index in [4.69, 9.17) is 0 Å². The van der Waals surface area contributed by atoms with E-state index in [0.717, 1.165) is 5.56 Å². The van der Waals surface area contributed by atoms with Crippen LogP contribution < -0.4 is 5.32 Å². The lowest BCUT2D eigenvalue weighted by Gasteiger charge is -2.11. The average molecular weight is 320 g/mol. The first kappa shape index (κ1) is 13.8. The van der Waals surface area contributed by atoms with Crippen molar-refractivity contribution in [3.63, 3.8) is 0 Å². The van der Waals surface area contributed by atoms with Crippen molar-refractivity contribution in [2.45, 2.75) is 6.54 Å². The van der Waals surface area contributed by atoms with E-state index < -0.39 is 0 Å². The first-order chi connectivity index (χ1) is 11.2.